The summed E-state index contributed by atoms with van der Waals surface area (Å²) in [6.45, 7) is 2.12. The number of thiophene rings is 1. The van der Waals surface area contributed by atoms with Gasteiger partial charge in [0.2, 0.25) is 5.91 Å². The van der Waals surface area contributed by atoms with Gasteiger partial charge in [0.1, 0.15) is 11.5 Å². The Bertz CT molecular complexity index is 769. The van der Waals surface area contributed by atoms with Crippen molar-refractivity contribution in [1.29, 1.82) is 0 Å². The molecule has 0 unspecified atom stereocenters. The lowest BCUT2D eigenvalue weighted by molar-refractivity contribution is -0.116. The predicted octanol–water partition coefficient (Wildman–Crippen LogP) is 3.29. The number of halogens is 1. The van der Waals surface area contributed by atoms with E-state index in [-0.39, 0.29) is 18.4 Å². The molecule has 24 heavy (non-hydrogen) atoms. The maximum atomic E-state index is 12.3. The van der Waals surface area contributed by atoms with E-state index in [0.717, 1.165) is 31.2 Å². The van der Waals surface area contributed by atoms with Crippen LogP contribution < -0.4 is 5.32 Å². The summed E-state index contributed by atoms with van der Waals surface area (Å²) in [6, 6.07) is 0. The third-order valence-corrected chi connectivity index (χ3v) is 5.21. The topological polar surface area (TPSA) is 73.2 Å². The second-order valence-electron chi connectivity index (χ2n) is 5.54. The van der Waals surface area contributed by atoms with Crippen LogP contribution in [0, 0.1) is 0 Å². The van der Waals surface area contributed by atoms with Crippen LogP contribution >= 0.6 is 22.9 Å². The molecule has 0 saturated carbocycles. The number of nitrogens with one attached hydrogen (secondary N) is 1. The number of hydrogen-bond donors (Lipinski definition) is 1. The molecule has 2 aromatic rings. The SMILES string of the molecule is CCOC(=O)c1c(NC(=O)Cn2cc(Cl)cn2)sc2c1CCCC2. The summed E-state index contributed by atoms with van der Waals surface area (Å²) >= 11 is 7.27. The second kappa shape index (κ2) is 7.36. The van der Waals surface area contributed by atoms with Crippen LogP contribution in [0.2, 0.25) is 5.02 Å². The molecule has 2 heterocycles. The number of carbonyl (C=O) groups is 2. The smallest absolute Gasteiger partial charge is 0.341 e. The number of nitrogens with zero attached hydrogens (tertiary/aromatic N) is 2. The molecule has 1 aliphatic rings. The van der Waals surface area contributed by atoms with Crippen molar-refractivity contribution in [3.8, 4) is 0 Å². The minimum absolute atomic E-state index is 0.0392. The Morgan fingerprint density at radius 1 is 1.42 bits per heavy atom. The van der Waals surface area contributed by atoms with Crippen molar-refractivity contribution in [3.63, 3.8) is 0 Å². The molecule has 3 rings (SSSR count). The molecule has 0 atom stereocenters. The molecule has 128 valence electrons. The van der Waals surface area contributed by atoms with Crippen molar-refractivity contribution in [3.05, 3.63) is 33.4 Å². The van der Waals surface area contributed by atoms with Gasteiger partial charge in [-0.1, -0.05) is 11.6 Å². The second-order valence-corrected chi connectivity index (χ2v) is 7.08. The van der Waals surface area contributed by atoms with E-state index >= 15 is 0 Å². The standard InChI is InChI=1S/C16H18ClN3O3S/c1-2-23-16(22)14-11-5-3-4-6-12(11)24-15(14)19-13(21)9-20-8-10(17)7-18-20/h7-8H,2-6,9H2,1H3,(H,19,21). The van der Waals surface area contributed by atoms with E-state index in [1.165, 1.54) is 27.1 Å². The van der Waals surface area contributed by atoms with Crippen LogP contribution in [0.4, 0.5) is 5.00 Å². The van der Waals surface area contributed by atoms with Gasteiger partial charge in [0, 0.05) is 11.1 Å². The maximum Gasteiger partial charge on any atom is 0.341 e. The van der Waals surface area contributed by atoms with Gasteiger partial charge in [-0.05, 0) is 38.2 Å². The first-order valence-electron chi connectivity index (χ1n) is 7.88. The maximum absolute atomic E-state index is 12.3. The van der Waals surface area contributed by atoms with Gasteiger partial charge in [-0.3, -0.25) is 9.48 Å². The average molecular weight is 368 g/mol. The summed E-state index contributed by atoms with van der Waals surface area (Å²) in [7, 11) is 0. The lowest BCUT2D eigenvalue weighted by Crippen LogP contribution is -2.20. The third kappa shape index (κ3) is 3.62. The minimum atomic E-state index is -0.366. The van der Waals surface area contributed by atoms with Gasteiger partial charge in [-0.2, -0.15) is 5.10 Å². The molecule has 0 fully saturated rings. The molecule has 8 heteroatoms. The Labute approximate surface area is 148 Å². The van der Waals surface area contributed by atoms with Crippen molar-refractivity contribution >= 4 is 39.8 Å². The Kier molecular flexibility index (Phi) is 5.20. The van der Waals surface area contributed by atoms with E-state index in [0.29, 0.717) is 22.2 Å². The Hall–Kier alpha value is -1.86. The van der Waals surface area contributed by atoms with E-state index in [1.54, 1.807) is 13.1 Å². The molecule has 6 nitrogen and oxygen atoms in total. The van der Waals surface area contributed by atoms with Crippen molar-refractivity contribution < 1.29 is 14.3 Å². The fourth-order valence-electron chi connectivity index (χ4n) is 2.81. The van der Waals surface area contributed by atoms with Gasteiger partial charge in [-0.15, -0.1) is 11.3 Å². The Morgan fingerprint density at radius 2 is 2.21 bits per heavy atom. The fraction of sp³-hybridized carbons (Fsp3) is 0.438. The van der Waals surface area contributed by atoms with Gasteiger partial charge >= 0.3 is 5.97 Å². The molecule has 0 aliphatic heterocycles. The summed E-state index contributed by atoms with van der Waals surface area (Å²) in [5.74, 6) is -0.617. The molecular weight excluding hydrogens is 350 g/mol. The van der Waals surface area contributed by atoms with Crippen LogP contribution in [0.5, 0.6) is 0 Å². The Morgan fingerprint density at radius 3 is 2.92 bits per heavy atom. The zero-order valence-electron chi connectivity index (χ0n) is 13.3. The number of fused-ring (bicyclic) bond motifs is 1. The summed E-state index contributed by atoms with van der Waals surface area (Å²) < 4.78 is 6.63. The largest absolute Gasteiger partial charge is 0.462 e. The molecule has 1 amide bonds. The normalized spacial score (nSPS) is 13.4. The number of aromatic nitrogens is 2. The summed E-state index contributed by atoms with van der Waals surface area (Å²) in [5.41, 5.74) is 1.55. The molecule has 0 aromatic carbocycles. The first-order valence-corrected chi connectivity index (χ1v) is 9.07. The number of anilines is 1. The third-order valence-electron chi connectivity index (χ3n) is 3.81. The molecule has 0 spiro atoms. The summed E-state index contributed by atoms with van der Waals surface area (Å²) in [6.07, 6.45) is 7.00. The van der Waals surface area contributed by atoms with Crippen LogP contribution in [0.1, 0.15) is 40.6 Å². The quantitative estimate of drug-likeness (QED) is 0.823. The predicted molar refractivity (Wildman–Crippen MR) is 92.8 cm³/mol. The van der Waals surface area contributed by atoms with Crippen LogP contribution in [0.3, 0.4) is 0 Å². The van der Waals surface area contributed by atoms with E-state index in [2.05, 4.69) is 10.4 Å². The molecular formula is C16H18ClN3O3S. The van der Waals surface area contributed by atoms with Crippen LogP contribution in [-0.2, 0) is 28.9 Å². The van der Waals surface area contributed by atoms with E-state index in [4.69, 9.17) is 16.3 Å². The zero-order valence-corrected chi connectivity index (χ0v) is 14.9. The zero-order chi connectivity index (χ0) is 17.1. The van der Waals surface area contributed by atoms with Gasteiger partial charge in [-0.25, -0.2) is 4.79 Å². The molecule has 2 aromatic heterocycles. The molecule has 1 N–H and O–H groups in total. The van der Waals surface area contributed by atoms with Crippen molar-refractivity contribution in [2.75, 3.05) is 11.9 Å². The first-order chi connectivity index (χ1) is 11.6. The van der Waals surface area contributed by atoms with Gasteiger partial charge in [0.05, 0.1) is 23.4 Å². The van der Waals surface area contributed by atoms with Crippen molar-refractivity contribution in [1.82, 2.24) is 9.78 Å². The number of ether oxygens (including phenoxy) is 1. The van der Waals surface area contributed by atoms with Crippen LogP contribution in [0.15, 0.2) is 12.4 Å². The highest BCUT2D eigenvalue weighted by Crippen LogP contribution is 2.38. The molecule has 0 bridgehead atoms. The van der Waals surface area contributed by atoms with Gasteiger partial charge < -0.3 is 10.1 Å². The van der Waals surface area contributed by atoms with Crippen molar-refractivity contribution in [2.45, 2.75) is 39.2 Å². The highest BCUT2D eigenvalue weighted by atomic mass is 35.5. The molecule has 0 saturated heterocycles. The highest BCUT2D eigenvalue weighted by Gasteiger charge is 2.27. The average Bonchev–Trinajstić information content (AvgIpc) is 3.10. The number of carbonyl (C=O) groups excluding carboxylic acids is 2. The van der Waals surface area contributed by atoms with Gasteiger partial charge in [0.15, 0.2) is 0 Å². The highest BCUT2D eigenvalue weighted by molar-refractivity contribution is 7.17. The van der Waals surface area contributed by atoms with Crippen molar-refractivity contribution in [2.24, 2.45) is 0 Å². The summed E-state index contributed by atoms with van der Waals surface area (Å²) in [4.78, 5) is 25.8. The lowest BCUT2D eigenvalue weighted by Gasteiger charge is -2.12. The van der Waals surface area contributed by atoms with Crippen LogP contribution in [0.25, 0.3) is 0 Å². The monoisotopic (exact) mass is 367 g/mol. The van der Waals surface area contributed by atoms with Crippen LogP contribution in [-0.4, -0.2) is 28.3 Å². The van der Waals surface area contributed by atoms with E-state index < -0.39 is 0 Å². The van der Waals surface area contributed by atoms with E-state index in [1.807, 2.05) is 0 Å². The number of rotatable bonds is 5. The first kappa shape index (κ1) is 17.0. The number of esters is 1. The number of hydrogen-bond acceptors (Lipinski definition) is 5. The molecule has 1 aliphatic carbocycles. The minimum Gasteiger partial charge on any atom is -0.462 e. The lowest BCUT2D eigenvalue weighted by atomic mass is 9.95. The summed E-state index contributed by atoms with van der Waals surface area (Å²) in [5, 5.41) is 7.87. The number of amides is 1. The fourth-order valence-corrected chi connectivity index (χ4v) is 4.26. The number of aryl methyl sites for hydroxylation is 1. The van der Waals surface area contributed by atoms with Gasteiger partial charge in [0.25, 0.3) is 0 Å². The molecule has 0 radical (unpaired) electrons. The van der Waals surface area contributed by atoms with E-state index in [9.17, 15) is 9.59 Å². The Balaban J connectivity index is 1.82.